The van der Waals surface area contributed by atoms with Crippen LogP contribution in [0.5, 0.6) is 5.75 Å². The van der Waals surface area contributed by atoms with Crippen LogP contribution in [0, 0.1) is 46.3 Å². The third-order valence-electron chi connectivity index (χ3n) is 4.44. The minimum atomic E-state index is -2.37. The lowest BCUT2D eigenvalue weighted by Gasteiger charge is -2.26. The summed E-state index contributed by atoms with van der Waals surface area (Å²) in [5.41, 5.74) is -0.749. The molecule has 1 aliphatic heterocycles. The Hall–Kier alpha value is -2.39. The molecular weight excluding hydrogens is 367 g/mol. The van der Waals surface area contributed by atoms with Gasteiger partial charge in [-0.3, -0.25) is 4.79 Å². The molecule has 0 bridgehead atoms. The highest BCUT2D eigenvalue weighted by Gasteiger charge is 2.51. The zero-order valence-electron chi connectivity index (χ0n) is 13.4. The van der Waals surface area contributed by atoms with Gasteiger partial charge < -0.3 is 14.2 Å². The summed E-state index contributed by atoms with van der Waals surface area (Å²) in [5.74, 6) is -13.6. The first kappa shape index (κ1) is 18.4. The molecule has 1 aliphatic carbocycles. The molecule has 3 rings (SSSR count). The van der Waals surface area contributed by atoms with E-state index in [0.29, 0.717) is 12.8 Å². The maximum absolute atomic E-state index is 13.5. The molecule has 26 heavy (non-hydrogen) atoms. The summed E-state index contributed by atoms with van der Waals surface area (Å²) < 4.78 is 80.0. The van der Waals surface area contributed by atoms with Gasteiger partial charge in [-0.25, -0.2) is 18.0 Å². The number of ether oxygens (including phenoxy) is 3. The topological polar surface area (TPSA) is 61.8 Å². The van der Waals surface area contributed by atoms with Crippen molar-refractivity contribution in [3.8, 4) is 5.75 Å². The number of rotatable bonds is 3. The summed E-state index contributed by atoms with van der Waals surface area (Å²) in [4.78, 5) is 23.2. The number of cyclic esters (lactones) is 1. The van der Waals surface area contributed by atoms with Gasteiger partial charge in [0.1, 0.15) is 6.61 Å². The largest absolute Gasteiger partial charge is 0.514 e. The van der Waals surface area contributed by atoms with E-state index < -0.39 is 46.4 Å². The van der Waals surface area contributed by atoms with Crippen molar-refractivity contribution in [3.63, 3.8) is 0 Å². The first-order chi connectivity index (χ1) is 12.1. The van der Waals surface area contributed by atoms with Gasteiger partial charge in [-0.05, 0) is 18.8 Å². The zero-order chi connectivity index (χ0) is 19.2. The molecule has 3 atom stereocenters. The minimum Gasteiger partial charge on any atom is -0.465 e. The molecule has 2 aliphatic rings. The van der Waals surface area contributed by atoms with Crippen molar-refractivity contribution in [2.24, 2.45) is 17.3 Å². The Balaban J connectivity index is 1.66. The van der Waals surface area contributed by atoms with E-state index >= 15 is 0 Å². The van der Waals surface area contributed by atoms with Crippen molar-refractivity contribution in [1.82, 2.24) is 0 Å². The van der Waals surface area contributed by atoms with E-state index in [4.69, 9.17) is 9.47 Å². The fourth-order valence-corrected chi connectivity index (χ4v) is 2.93. The Bertz CT molecular complexity index is 754. The number of benzene rings is 1. The number of hydrogen-bond donors (Lipinski definition) is 0. The summed E-state index contributed by atoms with van der Waals surface area (Å²) >= 11 is 0. The monoisotopic (exact) mass is 380 g/mol. The maximum Gasteiger partial charge on any atom is 0.514 e. The van der Waals surface area contributed by atoms with E-state index in [-0.39, 0.29) is 31.0 Å². The Morgan fingerprint density at radius 3 is 2.31 bits per heavy atom. The highest BCUT2D eigenvalue weighted by Crippen LogP contribution is 2.49. The van der Waals surface area contributed by atoms with Gasteiger partial charge in [0.25, 0.3) is 0 Å². The fraction of sp³-hybridized carbons (Fsp3) is 0.500. The second-order valence-corrected chi connectivity index (χ2v) is 6.76. The van der Waals surface area contributed by atoms with E-state index in [1.54, 1.807) is 6.92 Å². The molecule has 1 heterocycles. The standard InChI is InChI=1S/C16H13F5O5/c1-16(3-6-2-7(6)14(22)24-4-16)5-25-15(23)26-13-11(20)9(18)8(17)10(19)12(13)21/h6-7H,2-5H2,1H3. The van der Waals surface area contributed by atoms with Crippen molar-refractivity contribution in [2.45, 2.75) is 19.8 Å². The van der Waals surface area contributed by atoms with Gasteiger partial charge in [-0.1, -0.05) is 6.92 Å². The fourth-order valence-electron chi connectivity index (χ4n) is 2.93. The normalized spacial score (nSPS) is 27.2. The summed E-state index contributed by atoms with van der Waals surface area (Å²) in [7, 11) is 0. The van der Waals surface area contributed by atoms with Crippen LogP contribution in [0.1, 0.15) is 19.8 Å². The Kier molecular flexibility index (Phi) is 4.53. The second-order valence-electron chi connectivity index (χ2n) is 6.76. The smallest absolute Gasteiger partial charge is 0.465 e. The molecular formula is C16H13F5O5. The summed E-state index contributed by atoms with van der Waals surface area (Å²) in [6.07, 6.45) is -0.458. The number of fused-ring (bicyclic) bond motifs is 1. The number of carbonyl (C=O) groups excluding carboxylic acids is 2. The third kappa shape index (κ3) is 3.32. The van der Waals surface area contributed by atoms with Crippen molar-refractivity contribution in [3.05, 3.63) is 29.1 Å². The lowest BCUT2D eigenvalue weighted by atomic mass is 9.86. The summed E-state index contributed by atoms with van der Waals surface area (Å²) in [5, 5.41) is 0. The zero-order valence-corrected chi connectivity index (χ0v) is 13.4. The highest BCUT2D eigenvalue weighted by molar-refractivity contribution is 5.76. The van der Waals surface area contributed by atoms with Crippen LogP contribution in [0.3, 0.4) is 0 Å². The van der Waals surface area contributed by atoms with Gasteiger partial charge in [-0.15, -0.1) is 0 Å². The molecule has 5 nitrogen and oxygen atoms in total. The highest BCUT2D eigenvalue weighted by atomic mass is 19.2. The van der Waals surface area contributed by atoms with Gasteiger partial charge >= 0.3 is 12.1 Å². The second kappa shape index (κ2) is 6.40. The molecule has 142 valence electrons. The third-order valence-corrected chi connectivity index (χ3v) is 4.44. The minimum absolute atomic E-state index is 0.0331. The molecule has 2 fully saturated rings. The summed E-state index contributed by atoms with van der Waals surface area (Å²) in [6, 6.07) is 0. The average Bonchev–Trinajstić information content (AvgIpc) is 3.37. The molecule has 1 aromatic carbocycles. The van der Waals surface area contributed by atoms with Crippen molar-refractivity contribution in [1.29, 1.82) is 0 Å². The van der Waals surface area contributed by atoms with E-state index in [0.717, 1.165) is 0 Å². The van der Waals surface area contributed by atoms with E-state index in [1.165, 1.54) is 0 Å². The first-order valence-electron chi connectivity index (χ1n) is 7.65. The number of halogens is 5. The molecule has 0 amide bonds. The molecule has 1 aromatic rings. The van der Waals surface area contributed by atoms with Crippen LogP contribution in [-0.2, 0) is 14.3 Å². The van der Waals surface area contributed by atoms with Gasteiger partial charge in [0.15, 0.2) is 0 Å². The Labute approximate surface area is 144 Å². The molecule has 0 spiro atoms. The first-order valence-corrected chi connectivity index (χ1v) is 7.65. The van der Waals surface area contributed by atoms with Gasteiger partial charge in [0, 0.05) is 5.41 Å². The molecule has 10 heteroatoms. The number of carbonyl (C=O) groups is 2. The Morgan fingerprint density at radius 2 is 1.69 bits per heavy atom. The van der Waals surface area contributed by atoms with Crippen molar-refractivity contribution >= 4 is 12.1 Å². The van der Waals surface area contributed by atoms with Crippen LogP contribution < -0.4 is 4.74 Å². The van der Waals surface area contributed by atoms with Crippen LogP contribution in [0.2, 0.25) is 0 Å². The van der Waals surface area contributed by atoms with Crippen LogP contribution in [-0.4, -0.2) is 25.3 Å². The molecule has 0 radical (unpaired) electrons. The molecule has 1 saturated heterocycles. The van der Waals surface area contributed by atoms with E-state index in [2.05, 4.69) is 4.74 Å². The van der Waals surface area contributed by atoms with E-state index in [9.17, 15) is 31.5 Å². The van der Waals surface area contributed by atoms with Gasteiger partial charge in [0.2, 0.25) is 34.8 Å². The average molecular weight is 380 g/mol. The van der Waals surface area contributed by atoms with Crippen molar-refractivity contribution < 1.29 is 45.8 Å². The molecule has 1 saturated carbocycles. The predicted molar refractivity (Wildman–Crippen MR) is 73.5 cm³/mol. The molecule has 3 unspecified atom stereocenters. The Morgan fingerprint density at radius 1 is 1.12 bits per heavy atom. The number of hydrogen-bond acceptors (Lipinski definition) is 5. The van der Waals surface area contributed by atoms with E-state index in [1.807, 2.05) is 0 Å². The van der Waals surface area contributed by atoms with Gasteiger partial charge in [0.05, 0.1) is 12.5 Å². The number of esters is 1. The van der Waals surface area contributed by atoms with Crippen LogP contribution in [0.25, 0.3) is 0 Å². The molecule has 0 N–H and O–H groups in total. The van der Waals surface area contributed by atoms with Crippen LogP contribution in [0.15, 0.2) is 0 Å². The SMILES string of the molecule is CC1(COC(=O)Oc2c(F)c(F)c(F)c(F)c2F)COC(=O)C2CC2C1. The van der Waals surface area contributed by atoms with Crippen LogP contribution >= 0.6 is 0 Å². The lowest BCUT2D eigenvalue weighted by molar-refractivity contribution is -0.147. The van der Waals surface area contributed by atoms with Crippen LogP contribution in [0.4, 0.5) is 26.7 Å². The predicted octanol–water partition coefficient (Wildman–Crippen LogP) is 3.49. The lowest BCUT2D eigenvalue weighted by Crippen LogP contribution is -2.31. The summed E-state index contributed by atoms with van der Waals surface area (Å²) in [6.45, 7) is 1.32. The van der Waals surface area contributed by atoms with Crippen molar-refractivity contribution in [2.75, 3.05) is 13.2 Å². The maximum atomic E-state index is 13.5. The molecule has 0 aromatic heterocycles. The quantitative estimate of drug-likeness (QED) is 0.264. The van der Waals surface area contributed by atoms with Gasteiger partial charge in [-0.2, -0.15) is 8.78 Å².